The Morgan fingerprint density at radius 3 is 2.64 bits per heavy atom. The summed E-state index contributed by atoms with van der Waals surface area (Å²) in [6, 6.07) is 10.8. The smallest absolute Gasteiger partial charge is 0.242 e. The molecule has 2 aliphatic heterocycles. The molecule has 22 heavy (non-hydrogen) atoms. The van der Waals surface area contributed by atoms with Crippen molar-refractivity contribution in [1.29, 1.82) is 0 Å². The molecule has 1 N–H and O–H groups in total. The fourth-order valence-electron chi connectivity index (χ4n) is 3.29. The van der Waals surface area contributed by atoms with Gasteiger partial charge < -0.3 is 19.9 Å². The fraction of sp³-hybridized carbons (Fsp3) is 0.588. The van der Waals surface area contributed by atoms with Gasteiger partial charge in [0.15, 0.2) is 0 Å². The number of benzene rings is 1. The summed E-state index contributed by atoms with van der Waals surface area (Å²) in [6.07, 6.45) is 2.04. The van der Waals surface area contributed by atoms with Gasteiger partial charge in [-0.25, -0.2) is 0 Å². The number of nitrogens with one attached hydrogen (secondary N) is 1. The molecule has 1 unspecified atom stereocenters. The number of carbonyl (C=O) groups is 1. The zero-order chi connectivity index (χ0) is 15.4. The first kappa shape index (κ1) is 15.3. The summed E-state index contributed by atoms with van der Waals surface area (Å²) in [5.41, 5.74) is 1.25. The zero-order valence-electron chi connectivity index (χ0n) is 13.2. The van der Waals surface area contributed by atoms with Crippen molar-refractivity contribution in [1.82, 2.24) is 10.2 Å². The molecule has 1 amide bonds. The molecule has 1 aromatic carbocycles. The Balaban J connectivity index is 1.52. The summed E-state index contributed by atoms with van der Waals surface area (Å²) in [5.74, 6) is 0.195. The second-order valence-corrected chi connectivity index (χ2v) is 6.08. The van der Waals surface area contributed by atoms with Crippen molar-refractivity contribution in [2.75, 3.05) is 44.8 Å². The number of anilines is 1. The molecule has 2 heterocycles. The van der Waals surface area contributed by atoms with Gasteiger partial charge in [-0.2, -0.15) is 0 Å². The number of hydrogen-bond acceptors (Lipinski definition) is 4. The number of hydrogen-bond donors (Lipinski definition) is 1. The van der Waals surface area contributed by atoms with E-state index < -0.39 is 0 Å². The van der Waals surface area contributed by atoms with Crippen LogP contribution in [0.2, 0.25) is 0 Å². The molecule has 5 heteroatoms. The summed E-state index contributed by atoms with van der Waals surface area (Å²) in [4.78, 5) is 16.8. The highest BCUT2D eigenvalue weighted by molar-refractivity contribution is 5.82. The van der Waals surface area contributed by atoms with Crippen LogP contribution < -0.4 is 10.2 Å². The molecule has 0 aromatic heterocycles. The van der Waals surface area contributed by atoms with E-state index in [1.54, 1.807) is 0 Å². The number of piperidine rings is 1. The van der Waals surface area contributed by atoms with E-state index in [1.165, 1.54) is 5.69 Å². The van der Waals surface area contributed by atoms with Gasteiger partial charge in [-0.15, -0.1) is 0 Å². The topological polar surface area (TPSA) is 44.8 Å². The molecule has 0 radical (unpaired) electrons. The van der Waals surface area contributed by atoms with Crippen molar-refractivity contribution in [2.24, 2.45) is 0 Å². The average molecular weight is 303 g/mol. The van der Waals surface area contributed by atoms with Crippen molar-refractivity contribution >= 4 is 11.6 Å². The van der Waals surface area contributed by atoms with Crippen LogP contribution in [0.15, 0.2) is 30.3 Å². The molecule has 0 bridgehead atoms. The van der Waals surface area contributed by atoms with Crippen LogP contribution >= 0.6 is 0 Å². The fourth-order valence-corrected chi connectivity index (χ4v) is 3.29. The highest BCUT2D eigenvalue weighted by Gasteiger charge is 2.30. The Labute approximate surface area is 132 Å². The lowest BCUT2D eigenvalue weighted by Gasteiger charge is -2.39. The van der Waals surface area contributed by atoms with Gasteiger partial charge in [-0.1, -0.05) is 18.2 Å². The molecule has 1 aromatic rings. The molecule has 2 saturated heterocycles. The molecule has 5 nitrogen and oxygen atoms in total. The van der Waals surface area contributed by atoms with Gasteiger partial charge in [0, 0.05) is 38.4 Å². The molecular weight excluding hydrogens is 278 g/mol. The third-order valence-electron chi connectivity index (χ3n) is 4.71. The van der Waals surface area contributed by atoms with Gasteiger partial charge in [-0.05, 0) is 25.0 Å². The molecule has 0 aliphatic carbocycles. The van der Waals surface area contributed by atoms with Crippen LogP contribution in [-0.2, 0) is 9.53 Å². The first-order chi connectivity index (χ1) is 10.8. The Bertz CT molecular complexity index is 480. The van der Waals surface area contributed by atoms with Crippen molar-refractivity contribution in [3.05, 3.63) is 30.3 Å². The minimum atomic E-state index is -0.155. The second-order valence-electron chi connectivity index (χ2n) is 6.08. The molecule has 3 rings (SSSR count). The second kappa shape index (κ2) is 7.11. The number of ether oxygens (including phenoxy) is 1. The van der Waals surface area contributed by atoms with Gasteiger partial charge in [-0.3, -0.25) is 4.79 Å². The van der Waals surface area contributed by atoms with Crippen molar-refractivity contribution in [3.63, 3.8) is 0 Å². The summed E-state index contributed by atoms with van der Waals surface area (Å²) in [6.45, 7) is 3.64. The number of morpholine rings is 1. The van der Waals surface area contributed by atoms with E-state index >= 15 is 0 Å². The van der Waals surface area contributed by atoms with E-state index in [1.807, 2.05) is 11.0 Å². The summed E-state index contributed by atoms with van der Waals surface area (Å²) < 4.78 is 5.39. The summed E-state index contributed by atoms with van der Waals surface area (Å²) >= 11 is 0. The van der Waals surface area contributed by atoms with E-state index in [-0.39, 0.29) is 11.9 Å². The normalized spacial score (nSPS) is 23.3. The lowest BCUT2D eigenvalue weighted by molar-refractivity contribution is -0.137. The lowest BCUT2D eigenvalue weighted by atomic mass is 10.0. The zero-order valence-corrected chi connectivity index (χ0v) is 13.2. The van der Waals surface area contributed by atoms with Crippen LogP contribution in [0.25, 0.3) is 0 Å². The van der Waals surface area contributed by atoms with E-state index in [4.69, 9.17) is 4.74 Å². The maximum atomic E-state index is 12.5. The van der Waals surface area contributed by atoms with Gasteiger partial charge in [0.05, 0.1) is 13.2 Å². The number of rotatable bonds is 3. The van der Waals surface area contributed by atoms with Gasteiger partial charge in [0.1, 0.15) is 6.04 Å². The van der Waals surface area contributed by atoms with E-state index in [2.05, 4.69) is 41.5 Å². The molecule has 0 spiro atoms. The largest absolute Gasteiger partial charge is 0.378 e. The molecule has 1 atom stereocenters. The third kappa shape index (κ3) is 3.42. The SMILES string of the molecule is CN(c1ccccc1)C1CCN(C(=O)C2COCCN2)CC1. The maximum absolute atomic E-state index is 12.5. The first-order valence-corrected chi connectivity index (χ1v) is 8.13. The van der Waals surface area contributed by atoms with Crippen LogP contribution in [-0.4, -0.2) is 62.8 Å². The van der Waals surface area contributed by atoms with Crippen molar-refractivity contribution in [2.45, 2.75) is 24.9 Å². The predicted octanol–water partition coefficient (Wildman–Crippen LogP) is 1.10. The van der Waals surface area contributed by atoms with Crippen LogP contribution in [0.4, 0.5) is 5.69 Å². The average Bonchev–Trinajstić information content (AvgIpc) is 2.62. The maximum Gasteiger partial charge on any atom is 0.242 e. The van der Waals surface area contributed by atoms with Gasteiger partial charge >= 0.3 is 0 Å². The highest BCUT2D eigenvalue weighted by Crippen LogP contribution is 2.22. The van der Waals surface area contributed by atoms with Crippen LogP contribution in [0.3, 0.4) is 0 Å². The van der Waals surface area contributed by atoms with Gasteiger partial charge in [0.25, 0.3) is 0 Å². The van der Waals surface area contributed by atoms with Crippen molar-refractivity contribution < 1.29 is 9.53 Å². The van der Waals surface area contributed by atoms with E-state index in [0.29, 0.717) is 19.3 Å². The van der Waals surface area contributed by atoms with Crippen LogP contribution in [0.5, 0.6) is 0 Å². The van der Waals surface area contributed by atoms with Crippen LogP contribution in [0.1, 0.15) is 12.8 Å². The number of amides is 1. The molecule has 0 saturated carbocycles. The Morgan fingerprint density at radius 2 is 2.00 bits per heavy atom. The number of nitrogens with zero attached hydrogens (tertiary/aromatic N) is 2. The quantitative estimate of drug-likeness (QED) is 0.908. The summed E-state index contributed by atoms with van der Waals surface area (Å²) in [7, 11) is 2.15. The number of likely N-dealkylation sites (tertiary alicyclic amines) is 1. The number of carbonyl (C=O) groups excluding carboxylic acids is 1. The van der Waals surface area contributed by atoms with Gasteiger partial charge in [0.2, 0.25) is 5.91 Å². The lowest BCUT2D eigenvalue weighted by Crippen LogP contribution is -2.55. The molecular formula is C17H25N3O2. The third-order valence-corrected chi connectivity index (χ3v) is 4.71. The van der Waals surface area contributed by atoms with E-state index in [0.717, 1.165) is 32.5 Å². The minimum absolute atomic E-state index is 0.155. The molecule has 2 aliphatic rings. The first-order valence-electron chi connectivity index (χ1n) is 8.13. The van der Waals surface area contributed by atoms with Crippen molar-refractivity contribution in [3.8, 4) is 0 Å². The minimum Gasteiger partial charge on any atom is -0.378 e. The molecule has 120 valence electrons. The Morgan fingerprint density at radius 1 is 1.27 bits per heavy atom. The van der Waals surface area contributed by atoms with Crippen LogP contribution in [0, 0.1) is 0 Å². The summed E-state index contributed by atoms with van der Waals surface area (Å²) in [5, 5.41) is 3.25. The highest BCUT2D eigenvalue weighted by atomic mass is 16.5. The predicted molar refractivity (Wildman–Crippen MR) is 87.1 cm³/mol. The molecule has 2 fully saturated rings. The monoisotopic (exact) mass is 303 g/mol. The van der Waals surface area contributed by atoms with E-state index in [9.17, 15) is 4.79 Å². The number of para-hydroxylation sites is 1. The standard InChI is InChI=1S/C17H25N3O2/c1-19(14-5-3-2-4-6-14)15-7-10-20(11-8-15)17(21)16-13-22-12-9-18-16/h2-6,15-16,18H,7-13H2,1H3. The Hall–Kier alpha value is -1.59. The Kier molecular flexibility index (Phi) is 4.95.